The molecule has 0 fully saturated rings. The molecule has 0 aromatic heterocycles. The van der Waals surface area contributed by atoms with Crippen LogP contribution in [0.25, 0.3) is 0 Å². The van der Waals surface area contributed by atoms with Gasteiger partial charge in [-0.25, -0.2) is 3.93 Å². The molecule has 2 heteroatoms. The molecule has 0 saturated carbocycles. The summed E-state index contributed by atoms with van der Waals surface area (Å²) in [5, 5.41) is 0. The third-order valence-electron chi connectivity index (χ3n) is 1.46. The zero-order chi connectivity index (χ0) is 8.81. The van der Waals surface area contributed by atoms with Crippen molar-refractivity contribution in [2.45, 2.75) is 6.54 Å². The van der Waals surface area contributed by atoms with E-state index in [1.165, 1.54) is 5.56 Å². The van der Waals surface area contributed by atoms with Crippen molar-refractivity contribution in [1.29, 1.82) is 0 Å². The SMILES string of the molecule is C#CCN(Br)Cc1ccccc1. The van der Waals surface area contributed by atoms with Gasteiger partial charge >= 0.3 is 0 Å². The average Bonchev–Trinajstić information content (AvgIpc) is 2.06. The van der Waals surface area contributed by atoms with Crippen molar-refractivity contribution in [3.63, 3.8) is 0 Å². The van der Waals surface area contributed by atoms with E-state index in [0.717, 1.165) is 6.54 Å². The summed E-state index contributed by atoms with van der Waals surface area (Å²) < 4.78 is 1.92. The molecule has 0 aliphatic carbocycles. The standard InChI is InChI=1S/C10H10BrN/c1-2-8-12(11)9-10-6-4-3-5-7-10/h1,3-7H,8-9H2. The van der Waals surface area contributed by atoms with Crippen LogP contribution in [0.5, 0.6) is 0 Å². The predicted octanol–water partition coefficient (Wildman–Crippen LogP) is 2.43. The molecule has 0 unspecified atom stereocenters. The smallest absolute Gasteiger partial charge is 0.0705 e. The van der Waals surface area contributed by atoms with Crippen LogP contribution in [0.1, 0.15) is 5.56 Å². The molecule has 1 rings (SSSR count). The van der Waals surface area contributed by atoms with Crippen LogP contribution in [-0.4, -0.2) is 10.5 Å². The highest BCUT2D eigenvalue weighted by Crippen LogP contribution is 2.06. The van der Waals surface area contributed by atoms with Gasteiger partial charge in [0.1, 0.15) is 0 Å². The zero-order valence-corrected chi connectivity index (χ0v) is 8.29. The van der Waals surface area contributed by atoms with Crippen LogP contribution < -0.4 is 0 Å². The van der Waals surface area contributed by atoms with Gasteiger partial charge in [0.05, 0.1) is 6.54 Å². The first kappa shape index (κ1) is 9.31. The Labute approximate surface area is 81.7 Å². The number of halogens is 1. The number of nitrogens with zero attached hydrogens (tertiary/aromatic N) is 1. The first-order valence-electron chi connectivity index (χ1n) is 3.71. The van der Waals surface area contributed by atoms with Gasteiger partial charge in [-0.15, -0.1) is 6.42 Å². The van der Waals surface area contributed by atoms with Crippen LogP contribution in [-0.2, 0) is 6.54 Å². The van der Waals surface area contributed by atoms with Gasteiger partial charge < -0.3 is 0 Å². The molecular weight excluding hydrogens is 214 g/mol. The topological polar surface area (TPSA) is 3.24 Å². The summed E-state index contributed by atoms with van der Waals surface area (Å²) in [7, 11) is 0. The Kier molecular flexibility index (Phi) is 3.86. The molecule has 0 radical (unpaired) electrons. The Morgan fingerprint density at radius 3 is 2.58 bits per heavy atom. The summed E-state index contributed by atoms with van der Waals surface area (Å²) in [6.07, 6.45) is 5.16. The van der Waals surface area contributed by atoms with E-state index in [4.69, 9.17) is 6.42 Å². The molecule has 0 atom stereocenters. The predicted molar refractivity (Wildman–Crippen MR) is 54.6 cm³/mol. The van der Waals surface area contributed by atoms with Crippen molar-refractivity contribution in [3.8, 4) is 12.3 Å². The molecule has 12 heavy (non-hydrogen) atoms. The van der Waals surface area contributed by atoms with Crippen molar-refractivity contribution < 1.29 is 0 Å². The van der Waals surface area contributed by atoms with Gasteiger partial charge in [-0.05, 0) is 5.56 Å². The largest absolute Gasteiger partial charge is 0.226 e. The third-order valence-corrected chi connectivity index (χ3v) is 1.96. The maximum Gasteiger partial charge on any atom is 0.0705 e. The van der Waals surface area contributed by atoms with E-state index in [2.05, 4.69) is 34.2 Å². The molecule has 0 aliphatic heterocycles. The van der Waals surface area contributed by atoms with Gasteiger partial charge in [0.2, 0.25) is 0 Å². The van der Waals surface area contributed by atoms with Crippen molar-refractivity contribution in [1.82, 2.24) is 3.93 Å². The van der Waals surface area contributed by atoms with E-state index in [9.17, 15) is 0 Å². The maximum atomic E-state index is 5.16. The van der Waals surface area contributed by atoms with Crippen molar-refractivity contribution >= 4 is 16.1 Å². The second kappa shape index (κ2) is 4.97. The summed E-state index contributed by atoms with van der Waals surface area (Å²) in [6, 6.07) is 10.2. The monoisotopic (exact) mass is 223 g/mol. The van der Waals surface area contributed by atoms with Crippen LogP contribution in [0.15, 0.2) is 30.3 Å². The summed E-state index contributed by atoms with van der Waals surface area (Å²) in [6.45, 7) is 1.46. The minimum absolute atomic E-state index is 0.620. The highest BCUT2D eigenvalue weighted by Gasteiger charge is 1.97. The van der Waals surface area contributed by atoms with E-state index in [-0.39, 0.29) is 0 Å². The van der Waals surface area contributed by atoms with Gasteiger partial charge in [0.15, 0.2) is 0 Å². The summed E-state index contributed by atoms with van der Waals surface area (Å²) in [5.41, 5.74) is 1.25. The van der Waals surface area contributed by atoms with Crippen molar-refractivity contribution in [2.75, 3.05) is 6.54 Å². The highest BCUT2D eigenvalue weighted by molar-refractivity contribution is 9.07. The number of hydrogen-bond acceptors (Lipinski definition) is 1. The second-order valence-corrected chi connectivity index (χ2v) is 3.47. The Balaban J connectivity index is 2.48. The molecule has 0 saturated heterocycles. The average molecular weight is 224 g/mol. The molecule has 0 amide bonds. The summed E-state index contributed by atoms with van der Waals surface area (Å²) >= 11 is 3.37. The number of terminal acetylenes is 1. The molecular formula is C10H10BrN. The van der Waals surface area contributed by atoms with Crippen LogP contribution in [0.2, 0.25) is 0 Å². The van der Waals surface area contributed by atoms with Gasteiger partial charge in [-0.3, -0.25) is 0 Å². The fourth-order valence-electron chi connectivity index (χ4n) is 0.936. The first-order chi connectivity index (χ1) is 5.83. The molecule has 1 aromatic carbocycles. The Morgan fingerprint density at radius 1 is 1.33 bits per heavy atom. The normalized spacial score (nSPS) is 9.75. The van der Waals surface area contributed by atoms with Crippen LogP contribution in [0, 0.1) is 12.3 Å². The minimum Gasteiger partial charge on any atom is -0.226 e. The van der Waals surface area contributed by atoms with Crippen molar-refractivity contribution in [3.05, 3.63) is 35.9 Å². The van der Waals surface area contributed by atoms with E-state index in [1.807, 2.05) is 22.1 Å². The third kappa shape index (κ3) is 3.08. The lowest BCUT2D eigenvalue weighted by molar-refractivity contribution is 0.543. The number of benzene rings is 1. The first-order valence-corrected chi connectivity index (χ1v) is 4.42. The summed E-state index contributed by atoms with van der Waals surface area (Å²) in [4.78, 5) is 0. The van der Waals surface area contributed by atoms with Crippen molar-refractivity contribution in [2.24, 2.45) is 0 Å². The molecule has 0 aliphatic rings. The lowest BCUT2D eigenvalue weighted by Gasteiger charge is -2.09. The van der Waals surface area contributed by atoms with Crippen LogP contribution in [0.3, 0.4) is 0 Å². The van der Waals surface area contributed by atoms with Gasteiger partial charge in [-0.2, -0.15) is 0 Å². The lowest BCUT2D eigenvalue weighted by atomic mass is 10.2. The van der Waals surface area contributed by atoms with Crippen LogP contribution in [0.4, 0.5) is 0 Å². The number of hydrogen-bond donors (Lipinski definition) is 0. The molecule has 0 heterocycles. The van der Waals surface area contributed by atoms with Crippen LogP contribution >= 0.6 is 16.1 Å². The second-order valence-electron chi connectivity index (χ2n) is 2.47. The molecule has 0 spiro atoms. The Bertz CT molecular complexity index is 263. The lowest BCUT2D eigenvalue weighted by Crippen LogP contribution is -2.10. The quantitative estimate of drug-likeness (QED) is 0.563. The molecule has 1 aromatic rings. The van der Waals surface area contributed by atoms with Gasteiger partial charge in [0, 0.05) is 22.7 Å². The maximum absolute atomic E-state index is 5.16. The highest BCUT2D eigenvalue weighted by atomic mass is 79.9. The van der Waals surface area contributed by atoms with E-state index in [0.29, 0.717) is 6.54 Å². The Morgan fingerprint density at radius 2 is 2.00 bits per heavy atom. The van der Waals surface area contributed by atoms with E-state index < -0.39 is 0 Å². The fraction of sp³-hybridized carbons (Fsp3) is 0.200. The van der Waals surface area contributed by atoms with E-state index >= 15 is 0 Å². The number of rotatable bonds is 3. The molecule has 1 nitrogen and oxygen atoms in total. The van der Waals surface area contributed by atoms with Gasteiger partial charge in [-0.1, -0.05) is 36.3 Å². The Hall–Kier alpha value is -0.780. The minimum atomic E-state index is 0.620. The fourth-order valence-corrected chi connectivity index (χ4v) is 1.37. The van der Waals surface area contributed by atoms with Gasteiger partial charge in [0.25, 0.3) is 0 Å². The summed E-state index contributed by atoms with van der Waals surface area (Å²) in [5.74, 6) is 2.57. The van der Waals surface area contributed by atoms with E-state index in [1.54, 1.807) is 0 Å². The zero-order valence-electron chi connectivity index (χ0n) is 6.70. The molecule has 62 valence electrons. The molecule has 0 bridgehead atoms. The molecule has 0 N–H and O–H groups in total.